The highest BCUT2D eigenvalue weighted by atomic mass is 35.5. The van der Waals surface area contributed by atoms with E-state index in [1.807, 2.05) is 6.08 Å². The molecule has 0 fully saturated rings. The summed E-state index contributed by atoms with van der Waals surface area (Å²) in [5, 5.41) is 1.60. The summed E-state index contributed by atoms with van der Waals surface area (Å²) in [4.78, 5) is 0. The van der Waals surface area contributed by atoms with Crippen molar-refractivity contribution in [1.29, 1.82) is 0 Å². The van der Waals surface area contributed by atoms with Crippen molar-refractivity contribution in [3.05, 3.63) is 50.5 Å². The van der Waals surface area contributed by atoms with Crippen LogP contribution in [0.5, 0.6) is 0 Å². The van der Waals surface area contributed by atoms with Crippen molar-refractivity contribution >= 4 is 28.9 Å². The molecule has 1 aliphatic carbocycles. The molecule has 138 valence electrons. The molecule has 0 saturated carbocycles. The van der Waals surface area contributed by atoms with Crippen LogP contribution in [0, 0.1) is 5.92 Å². The first-order valence-corrected chi connectivity index (χ1v) is 10.0. The van der Waals surface area contributed by atoms with Crippen LogP contribution < -0.4 is 11.5 Å². The molecule has 0 amide bonds. The number of nitrogen functional groups attached to an aromatic ring is 1. The highest BCUT2D eigenvalue weighted by Crippen LogP contribution is 2.43. The number of rotatable bonds is 6. The minimum atomic E-state index is -0.509. The average molecular weight is 381 g/mol. The molecule has 4 heteroatoms. The Kier molecular flexibility index (Phi) is 6.64. The summed E-state index contributed by atoms with van der Waals surface area (Å²) < 4.78 is 0. The molecule has 0 aromatic heterocycles. The van der Waals surface area contributed by atoms with Crippen molar-refractivity contribution in [1.82, 2.24) is 0 Å². The van der Waals surface area contributed by atoms with Gasteiger partial charge in [-0.15, -0.1) is 0 Å². The van der Waals surface area contributed by atoms with Crippen LogP contribution in [0.2, 0.25) is 5.02 Å². The molecular weight excluding hydrogens is 351 g/mol. The normalized spacial score (nSPS) is 23.4. The minimum Gasteiger partial charge on any atom is -0.398 e. The van der Waals surface area contributed by atoms with Gasteiger partial charge in [-0.1, -0.05) is 63.0 Å². The van der Waals surface area contributed by atoms with E-state index in [1.54, 1.807) is 0 Å². The summed E-state index contributed by atoms with van der Waals surface area (Å²) >= 11 is 13.3. The number of nitrogens with two attached hydrogens (primary N) is 2. The second-order valence-electron chi connectivity index (χ2n) is 6.88. The van der Waals surface area contributed by atoms with Gasteiger partial charge < -0.3 is 11.5 Å². The molecule has 2 unspecified atom stereocenters. The molecule has 1 aromatic carbocycles. The van der Waals surface area contributed by atoms with Crippen molar-refractivity contribution < 1.29 is 0 Å². The monoisotopic (exact) mass is 380 g/mol. The zero-order chi connectivity index (χ0) is 18.8. The largest absolute Gasteiger partial charge is 0.398 e. The maximum absolute atomic E-state index is 7.00. The van der Waals surface area contributed by atoms with Gasteiger partial charge in [-0.25, -0.2) is 0 Å². The van der Waals surface area contributed by atoms with Gasteiger partial charge >= 0.3 is 0 Å². The SMILES string of the molecule is CCC1=CC=C(Cl)C(CC)C1(N)Cc1cc(CC)c(N)c(CC)c1Cl. The summed E-state index contributed by atoms with van der Waals surface area (Å²) in [6.45, 7) is 8.49. The van der Waals surface area contributed by atoms with E-state index in [-0.39, 0.29) is 5.92 Å². The maximum atomic E-state index is 7.00. The fraction of sp³-hybridized carbons (Fsp3) is 0.524. The van der Waals surface area contributed by atoms with Crippen molar-refractivity contribution in [2.45, 2.75) is 65.3 Å². The second-order valence-corrected chi connectivity index (χ2v) is 7.70. The summed E-state index contributed by atoms with van der Waals surface area (Å²) in [5.41, 5.74) is 18.1. The van der Waals surface area contributed by atoms with Crippen LogP contribution in [0.25, 0.3) is 0 Å². The van der Waals surface area contributed by atoms with Crippen LogP contribution in [-0.4, -0.2) is 5.54 Å². The summed E-state index contributed by atoms with van der Waals surface area (Å²) in [5.74, 6) is 0.109. The van der Waals surface area contributed by atoms with Crippen molar-refractivity contribution in [3.8, 4) is 0 Å². The lowest BCUT2D eigenvalue weighted by Gasteiger charge is -2.42. The Labute approximate surface area is 162 Å². The lowest BCUT2D eigenvalue weighted by Crippen LogP contribution is -2.52. The van der Waals surface area contributed by atoms with Crippen LogP contribution in [-0.2, 0) is 19.3 Å². The Hall–Kier alpha value is -0.960. The highest BCUT2D eigenvalue weighted by Gasteiger charge is 2.40. The molecule has 1 aromatic rings. The van der Waals surface area contributed by atoms with Crippen molar-refractivity contribution in [2.24, 2.45) is 11.7 Å². The molecule has 4 N–H and O–H groups in total. The number of hydrogen-bond donors (Lipinski definition) is 2. The topological polar surface area (TPSA) is 52.0 Å². The molecule has 2 nitrogen and oxygen atoms in total. The summed E-state index contributed by atoms with van der Waals surface area (Å²) in [6.07, 6.45) is 8.26. The number of benzene rings is 1. The van der Waals surface area contributed by atoms with E-state index in [2.05, 4.69) is 39.8 Å². The number of hydrogen-bond acceptors (Lipinski definition) is 2. The third kappa shape index (κ3) is 3.63. The van der Waals surface area contributed by atoms with Gasteiger partial charge in [0, 0.05) is 27.2 Å². The highest BCUT2D eigenvalue weighted by molar-refractivity contribution is 6.32. The fourth-order valence-electron chi connectivity index (χ4n) is 4.10. The third-order valence-electron chi connectivity index (χ3n) is 5.57. The van der Waals surface area contributed by atoms with Gasteiger partial charge in [-0.2, -0.15) is 0 Å². The first-order chi connectivity index (χ1) is 11.8. The lowest BCUT2D eigenvalue weighted by atomic mass is 9.69. The minimum absolute atomic E-state index is 0.109. The first kappa shape index (κ1) is 20.4. The Morgan fingerprint density at radius 2 is 1.68 bits per heavy atom. The molecular formula is C21H30Cl2N2. The van der Waals surface area contributed by atoms with E-state index >= 15 is 0 Å². The Morgan fingerprint density at radius 3 is 2.20 bits per heavy atom. The fourth-order valence-corrected chi connectivity index (χ4v) is 4.87. The van der Waals surface area contributed by atoms with E-state index in [4.69, 9.17) is 34.7 Å². The van der Waals surface area contributed by atoms with E-state index in [9.17, 15) is 0 Å². The van der Waals surface area contributed by atoms with Gasteiger partial charge in [0.05, 0.1) is 0 Å². The van der Waals surface area contributed by atoms with Gasteiger partial charge in [0.15, 0.2) is 0 Å². The number of allylic oxidation sites excluding steroid dienone is 2. The Bertz CT molecular complexity index is 706. The average Bonchev–Trinajstić information content (AvgIpc) is 2.58. The van der Waals surface area contributed by atoms with Crippen LogP contribution in [0.1, 0.15) is 57.2 Å². The number of anilines is 1. The van der Waals surface area contributed by atoms with Gasteiger partial charge in [-0.05, 0) is 60.4 Å². The quantitative estimate of drug-likeness (QED) is 0.613. The number of halogens is 2. The van der Waals surface area contributed by atoms with Crippen LogP contribution >= 0.6 is 23.2 Å². The molecule has 25 heavy (non-hydrogen) atoms. The number of aryl methyl sites for hydroxylation is 1. The molecule has 0 bridgehead atoms. The first-order valence-electron chi connectivity index (χ1n) is 9.28. The van der Waals surface area contributed by atoms with E-state index < -0.39 is 5.54 Å². The third-order valence-corrected chi connectivity index (χ3v) is 6.43. The molecule has 1 aliphatic rings. The summed E-state index contributed by atoms with van der Waals surface area (Å²) in [7, 11) is 0. The summed E-state index contributed by atoms with van der Waals surface area (Å²) in [6, 6.07) is 2.14. The molecule has 0 heterocycles. The Balaban J connectivity index is 2.56. The lowest BCUT2D eigenvalue weighted by molar-refractivity contribution is 0.344. The smallest absolute Gasteiger partial charge is 0.0491 e. The molecule has 0 saturated heterocycles. The predicted molar refractivity (Wildman–Crippen MR) is 111 cm³/mol. The van der Waals surface area contributed by atoms with Gasteiger partial charge in [0.2, 0.25) is 0 Å². The van der Waals surface area contributed by atoms with Crippen LogP contribution in [0.15, 0.2) is 28.8 Å². The van der Waals surface area contributed by atoms with E-state index in [1.165, 1.54) is 5.57 Å². The van der Waals surface area contributed by atoms with Crippen molar-refractivity contribution in [3.63, 3.8) is 0 Å². The van der Waals surface area contributed by atoms with Crippen LogP contribution in [0.4, 0.5) is 5.69 Å². The van der Waals surface area contributed by atoms with E-state index in [0.29, 0.717) is 6.42 Å². The molecule has 0 aliphatic heterocycles. The van der Waals surface area contributed by atoms with Crippen molar-refractivity contribution in [2.75, 3.05) is 5.73 Å². The van der Waals surface area contributed by atoms with Gasteiger partial charge in [0.25, 0.3) is 0 Å². The Morgan fingerprint density at radius 1 is 1.00 bits per heavy atom. The zero-order valence-electron chi connectivity index (χ0n) is 15.8. The van der Waals surface area contributed by atoms with Crippen LogP contribution in [0.3, 0.4) is 0 Å². The van der Waals surface area contributed by atoms with E-state index in [0.717, 1.165) is 58.1 Å². The molecule has 0 spiro atoms. The maximum Gasteiger partial charge on any atom is 0.0491 e. The standard InChI is InChI=1S/C21H30Cl2N2/c1-5-13-11-14(19(23)16(7-3)20(13)24)12-21(25)15(6-2)9-10-18(22)17(21)8-4/h9-11,17H,5-8,12,24-25H2,1-4H3. The second kappa shape index (κ2) is 8.16. The van der Waals surface area contributed by atoms with Gasteiger partial charge in [0.1, 0.15) is 0 Å². The predicted octanol–water partition coefficient (Wildman–Crippen LogP) is 5.79. The zero-order valence-corrected chi connectivity index (χ0v) is 17.3. The molecule has 0 radical (unpaired) electrons. The molecule has 2 rings (SSSR count). The molecule has 2 atom stereocenters. The van der Waals surface area contributed by atoms with Gasteiger partial charge in [-0.3, -0.25) is 0 Å².